The Labute approximate surface area is 299 Å². The average Bonchev–Trinajstić information content (AvgIpc) is 3.14. The molecule has 2 bridgehead atoms. The second-order valence-electron chi connectivity index (χ2n) is 13.6. The quantitative estimate of drug-likeness (QED) is 0.202. The highest BCUT2D eigenvalue weighted by molar-refractivity contribution is 5.66. The molecule has 10 nitrogen and oxygen atoms in total. The second kappa shape index (κ2) is 14.1. The zero-order valence-electron chi connectivity index (χ0n) is 29.9. The number of aliphatic hydroxyl groups excluding tert-OH is 1. The number of fused-ring (bicyclic) bond motifs is 7. The molecule has 0 saturated carbocycles. The smallest absolute Gasteiger partial charge is 0.167 e. The zero-order chi connectivity index (χ0) is 36.0. The molecule has 1 saturated heterocycles. The minimum atomic E-state index is -1.23. The highest BCUT2D eigenvalue weighted by Gasteiger charge is 2.59. The van der Waals surface area contributed by atoms with Crippen LogP contribution in [-0.2, 0) is 24.4 Å². The van der Waals surface area contributed by atoms with E-state index in [2.05, 4.69) is 21.9 Å². The highest BCUT2D eigenvalue weighted by Crippen LogP contribution is 2.60. The van der Waals surface area contributed by atoms with Crippen LogP contribution in [0.15, 0.2) is 66.7 Å². The molecule has 6 atom stereocenters. The molecule has 266 valence electrons. The van der Waals surface area contributed by atoms with Crippen LogP contribution in [0.1, 0.15) is 62.7 Å². The maximum atomic E-state index is 12.7. The first kappa shape index (κ1) is 34.6. The normalized spacial score (nSPS) is 23.7. The standard InChI is InChI=1S/C41H45N3O7/c1-23-17-27-18-28-29(19-42)44-30(22-50-20-25-13-9-7-10-14-25)32-33(36(45)24(2)39(48-5)40(32)49-6)37(46)35(44)34(43(28)3)31(27)41(38(23)47-4)51-21-26-15-11-8-12-16-26/h7-17,28-30,34-35,37,45-46H,18,20-22H2,1-6H3/t28-,29-,30-,34+,35-,37?/m0/s1. The summed E-state index contributed by atoms with van der Waals surface area (Å²) in [6, 6.07) is 22.0. The van der Waals surface area contributed by atoms with Crippen LogP contribution < -0.4 is 18.9 Å². The molecule has 51 heavy (non-hydrogen) atoms. The van der Waals surface area contributed by atoms with Crippen LogP contribution in [0.4, 0.5) is 0 Å². The van der Waals surface area contributed by atoms with Gasteiger partial charge in [-0.3, -0.25) is 9.80 Å². The van der Waals surface area contributed by atoms with Crippen molar-refractivity contribution in [1.82, 2.24) is 9.80 Å². The summed E-state index contributed by atoms with van der Waals surface area (Å²) in [4.78, 5) is 4.29. The minimum absolute atomic E-state index is 0.0702. The SMILES string of the molecule is COc1c(C)cc2c(c1OCc1ccccc1)[C@@H]1[C@H]3C(O)c4c(O)c(C)c(OC)c(OC)c4[C@H](COCc4ccccc4)N3[C@@H](C#N)[C@H](C2)N1C. The Balaban J connectivity index is 1.43. The molecule has 0 spiro atoms. The van der Waals surface area contributed by atoms with E-state index in [1.54, 1.807) is 21.1 Å². The Kier molecular flexibility index (Phi) is 9.57. The largest absolute Gasteiger partial charge is 0.507 e. The number of methoxy groups -OCH3 is 3. The number of phenolic OH excluding ortho intramolecular Hbond substituents is 1. The summed E-state index contributed by atoms with van der Waals surface area (Å²) in [6.07, 6.45) is -0.649. The number of aromatic hydroxyl groups is 1. The molecular weight excluding hydrogens is 646 g/mol. The van der Waals surface area contributed by atoms with E-state index in [0.29, 0.717) is 59.3 Å². The molecule has 0 radical (unpaired) electrons. The summed E-state index contributed by atoms with van der Waals surface area (Å²) >= 11 is 0. The van der Waals surface area contributed by atoms with Gasteiger partial charge in [-0.15, -0.1) is 0 Å². The number of phenols is 1. The maximum absolute atomic E-state index is 12.7. The van der Waals surface area contributed by atoms with Gasteiger partial charge >= 0.3 is 0 Å². The van der Waals surface area contributed by atoms with Crippen molar-refractivity contribution in [2.75, 3.05) is 35.0 Å². The molecule has 0 amide bonds. The molecule has 4 aromatic carbocycles. The molecular formula is C41H45N3O7. The average molecular weight is 692 g/mol. The van der Waals surface area contributed by atoms with Crippen LogP contribution in [0.5, 0.6) is 28.7 Å². The van der Waals surface area contributed by atoms with E-state index >= 15 is 0 Å². The number of aliphatic hydroxyl groups is 1. The van der Waals surface area contributed by atoms with Gasteiger partial charge in [-0.05, 0) is 49.6 Å². The van der Waals surface area contributed by atoms with Gasteiger partial charge in [-0.1, -0.05) is 66.7 Å². The molecule has 3 heterocycles. The third-order valence-electron chi connectivity index (χ3n) is 10.9. The third-order valence-corrected chi connectivity index (χ3v) is 10.9. The number of piperazine rings is 1. The first-order valence-electron chi connectivity index (χ1n) is 17.3. The number of nitriles is 1. The van der Waals surface area contributed by atoms with E-state index in [9.17, 15) is 15.5 Å². The molecule has 0 aliphatic carbocycles. The second-order valence-corrected chi connectivity index (χ2v) is 13.6. The number of hydrogen-bond acceptors (Lipinski definition) is 10. The summed E-state index contributed by atoms with van der Waals surface area (Å²) in [5.74, 6) is 1.95. The lowest BCUT2D eigenvalue weighted by Crippen LogP contribution is -2.69. The molecule has 1 unspecified atom stereocenters. The lowest BCUT2D eigenvalue weighted by Gasteiger charge is -2.61. The molecule has 10 heteroatoms. The van der Waals surface area contributed by atoms with Crippen LogP contribution >= 0.6 is 0 Å². The van der Waals surface area contributed by atoms with Crippen LogP contribution in [0.25, 0.3) is 0 Å². The van der Waals surface area contributed by atoms with Gasteiger partial charge < -0.3 is 33.9 Å². The zero-order valence-corrected chi connectivity index (χ0v) is 29.9. The Morgan fingerprint density at radius 2 is 1.45 bits per heavy atom. The number of nitrogens with zero attached hydrogens (tertiary/aromatic N) is 3. The molecule has 4 aromatic rings. The minimum Gasteiger partial charge on any atom is -0.507 e. The van der Waals surface area contributed by atoms with E-state index in [4.69, 9.17) is 23.7 Å². The van der Waals surface area contributed by atoms with Crippen LogP contribution in [0, 0.1) is 25.2 Å². The summed E-state index contributed by atoms with van der Waals surface area (Å²) < 4.78 is 30.9. The summed E-state index contributed by atoms with van der Waals surface area (Å²) in [5, 5.41) is 35.5. The Morgan fingerprint density at radius 3 is 2.06 bits per heavy atom. The lowest BCUT2D eigenvalue weighted by atomic mass is 9.70. The predicted molar refractivity (Wildman–Crippen MR) is 191 cm³/mol. The molecule has 7 rings (SSSR count). The lowest BCUT2D eigenvalue weighted by molar-refractivity contribution is -0.132. The Hall–Kier alpha value is -4.79. The van der Waals surface area contributed by atoms with Crippen molar-refractivity contribution in [3.63, 3.8) is 0 Å². The first-order valence-corrected chi connectivity index (χ1v) is 17.3. The van der Waals surface area contributed by atoms with Gasteiger partial charge in [-0.25, -0.2) is 0 Å². The highest BCUT2D eigenvalue weighted by atomic mass is 16.5. The van der Waals surface area contributed by atoms with Gasteiger partial charge in [-0.2, -0.15) is 5.26 Å². The molecule has 2 N–H and O–H groups in total. The van der Waals surface area contributed by atoms with E-state index < -0.39 is 30.3 Å². The van der Waals surface area contributed by atoms with Gasteiger partial charge in [0.2, 0.25) is 0 Å². The van der Waals surface area contributed by atoms with Crippen molar-refractivity contribution in [3.8, 4) is 34.8 Å². The van der Waals surface area contributed by atoms with Gasteiger partial charge in [0.15, 0.2) is 23.0 Å². The molecule has 0 aromatic heterocycles. The van der Waals surface area contributed by atoms with Gasteiger partial charge in [0.05, 0.1) is 58.7 Å². The van der Waals surface area contributed by atoms with Crippen molar-refractivity contribution < 1.29 is 33.9 Å². The van der Waals surface area contributed by atoms with Gasteiger partial charge in [0.1, 0.15) is 24.5 Å². The van der Waals surface area contributed by atoms with E-state index in [1.807, 2.05) is 74.6 Å². The number of rotatable bonds is 10. The van der Waals surface area contributed by atoms with E-state index in [-0.39, 0.29) is 18.4 Å². The van der Waals surface area contributed by atoms with Crippen molar-refractivity contribution in [1.29, 1.82) is 5.26 Å². The number of aryl methyl sites for hydroxylation is 1. The Morgan fingerprint density at radius 1 is 0.824 bits per heavy atom. The van der Waals surface area contributed by atoms with Crippen LogP contribution in [0.3, 0.4) is 0 Å². The summed E-state index contributed by atoms with van der Waals surface area (Å²) in [7, 11) is 6.73. The van der Waals surface area contributed by atoms with Crippen molar-refractivity contribution in [2.45, 2.75) is 69.8 Å². The molecule has 1 fully saturated rings. The number of benzene rings is 4. The number of ether oxygens (including phenoxy) is 5. The fourth-order valence-corrected chi connectivity index (χ4v) is 8.72. The predicted octanol–water partition coefficient (Wildman–Crippen LogP) is 6.09. The summed E-state index contributed by atoms with van der Waals surface area (Å²) in [6.45, 7) is 4.57. The summed E-state index contributed by atoms with van der Waals surface area (Å²) in [5.41, 5.74) is 6.26. The maximum Gasteiger partial charge on any atom is 0.167 e. The van der Waals surface area contributed by atoms with Gasteiger partial charge in [0.25, 0.3) is 0 Å². The number of likely N-dealkylation sites (N-methyl/N-ethyl adjacent to an activating group) is 1. The van der Waals surface area contributed by atoms with Gasteiger partial charge in [0, 0.05) is 28.3 Å². The van der Waals surface area contributed by atoms with Crippen LogP contribution in [0.2, 0.25) is 0 Å². The molecule has 3 aliphatic rings. The van der Waals surface area contributed by atoms with Crippen LogP contribution in [-0.4, -0.2) is 73.1 Å². The first-order chi connectivity index (χ1) is 24.7. The monoisotopic (exact) mass is 691 g/mol. The van der Waals surface area contributed by atoms with Crippen molar-refractivity contribution >= 4 is 0 Å². The van der Waals surface area contributed by atoms with E-state index in [0.717, 1.165) is 27.8 Å². The fourth-order valence-electron chi connectivity index (χ4n) is 8.72. The topological polar surface area (TPSA) is 117 Å². The Bertz CT molecular complexity index is 1950. The fraction of sp³-hybridized carbons (Fsp3) is 0.390. The van der Waals surface area contributed by atoms with Crippen molar-refractivity contribution in [3.05, 3.63) is 111 Å². The number of hydrogen-bond donors (Lipinski definition) is 2. The van der Waals surface area contributed by atoms with E-state index in [1.165, 1.54) is 7.11 Å². The van der Waals surface area contributed by atoms with Crippen molar-refractivity contribution in [2.24, 2.45) is 0 Å². The molecule has 3 aliphatic heterocycles. The third kappa shape index (κ3) is 5.65.